The molecule has 2 N–H and O–H groups in total. The van der Waals surface area contributed by atoms with Crippen molar-refractivity contribution in [3.05, 3.63) is 23.5 Å². The van der Waals surface area contributed by atoms with Gasteiger partial charge in [0.1, 0.15) is 6.17 Å². The highest BCUT2D eigenvalue weighted by Crippen LogP contribution is 2.26. The van der Waals surface area contributed by atoms with Crippen LogP contribution >= 0.6 is 0 Å². The molecule has 0 aromatic carbocycles. The highest BCUT2D eigenvalue weighted by Gasteiger charge is 2.27. The van der Waals surface area contributed by atoms with Gasteiger partial charge in [0.2, 0.25) is 0 Å². The van der Waals surface area contributed by atoms with E-state index >= 15 is 0 Å². The summed E-state index contributed by atoms with van der Waals surface area (Å²) in [6.45, 7) is 0.735. The number of H-pyrrole nitrogens is 1. The number of fused-ring (bicyclic) bond motifs is 3. The molecule has 2 aliphatic rings. The number of ketones is 1. The van der Waals surface area contributed by atoms with Crippen molar-refractivity contribution in [1.82, 2.24) is 15.5 Å². The summed E-state index contributed by atoms with van der Waals surface area (Å²) in [7, 11) is 0. The van der Waals surface area contributed by atoms with E-state index in [1.165, 1.54) is 6.21 Å². The summed E-state index contributed by atoms with van der Waals surface area (Å²) in [5.41, 5.74) is 2.80. The largest absolute Gasteiger partial charge is 0.288 e. The fourth-order valence-electron chi connectivity index (χ4n) is 1.76. The lowest BCUT2D eigenvalue weighted by atomic mass is 9.99. The van der Waals surface area contributed by atoms with Crippen LogP contribution in [0, 0.1) is 0 Å². The smallest absolute Gasteiger partial charge is 0.196 e. The van der Waals surface area contributed by atoms with E-state index in [2.05, 4.69) is 20.5 Å². The van der Waals surface area contributed by atoms with Crippen LogP contribution in [0.4, 0.5) is 0 Å². The van der Waals surface area contributed by atoms with Crippen LogP contribution in [0.15, 0.2) is 17.3 Å². The van der Waals surface area contributed by atoms with Gasteiger partial charge in [-0.15, -0.1) is 0 Å². The number of aromatic amines is 1. The topological polar surface area (TPSA) is 70.1 Å². The Morgan fingerprint density at radius 1 is 1.50 bits per heavy atom. The van der Waals surface area contributed by atoms with Crippen LogP contribution in [0.2, 0.25) is 0 Å². The third kappa shape index (κ3) is 0.958. The molecule has 0 fully saturated rings. The molecule has 14 heavy (non-hydrogen) atoms. The van der Waals surface area contributed by atoms with Gasteiger partial charge in [-0.2, -0.15) is 5.10 Å². The maximum Gasteiger partial charge on any atom is 0.196 e. The molecule has 3 heterocycles. The first-order valence-electron chi connectivity index (χ1n) is 4.40. The fourth-order valence-corrected chi connectivity index (χ4v) is 1.76. The van der Waals surface area contributed by atoms with Crippen LogP contribution in [-0.4, -0.2) is 28.4 Å². The molecule has 0 spiro atoms. The van der Waals surface area contributed by atoms with E-state index in [9.17, 15) is 4.79 Å². The van der Waals surface area contributed by atoms with Crippen molar-refractivity contribution >= 4 is 17.6 Å². The van der Waals surface area contributed by atoms with Crippen LogP contribution in [0.5, 0.6) is 0 Å². The Morgan fingerprint density at radius 2 is 2.43 bits per heavy atom. The van der Waals surface area contributed by atoms with Crippen LogP contribution in [-0.2, 0) is 11.3 Å². The van der Waals surface area contributed by atoms with Crippen LogP contribution in [0.3, 0.4) is 0 Å². The lowest BCUT2D eigenvalue weighted by molar-refractivity contribution is -0.108. The summed E-state index contributed by atoms with van der Waals surface area (Å²) in [5, 5.41) is 10.1. The molecular weight excluding hydrogens is 180 g/mol. The second-order valence-corrected chi connectivity index (χ2v) is 3.32. The van der Waals surface area contributed by atoms with Gasteiger partial charge in [0.25, 0.3) is 0 Å². The van der Waals surface area contributed by atoms with Gasteiger partial charge in [0.15, 0.2) is 5.78 Å². The summed E-state index contributed by atoms with van der Waals surface area (Å²) in [4.78, 5) is 15.3. The highest BCUT2D eigenvalue weighted by atomic mass is 16.1. The van der Waals surface area contributed by atoms with E-state index in [-0.39, 0.29) is 11.9 Å². The predicted octanol–water partition coefficient (Wildman–Crippen LogP) is -0.124. The van der Waals surface area contributed by atoms with Gasteiger partial charge in [-0.25, -0.2) is 0 Å². The van der Waals surface area contributed by atoms with E-state index in [4.69, 9.17) is 0 Å². The zero-order valence-corrected chi connectivity index (χ0v) is 7.32. The Hall–Kier alpha value is -1.75. The molecule has 0 bridgehead atoms. The Morgan fingerprint density at radius 3 is 3.36 bits per heavy atom. The number of nitrogens with one attached hydrogen (secondary N) is 2. The molecule has 1 aromatic heterocycles. The van der Waals surface area contributed by atoms with Crippen molar-refractivity contribution in [2.45, 2.75) is 12.7 Å². The zero-order valence-electron chi connectivity index (χ0n) is 7.32. The zero-order chi connectivity index (χ0) is 9.54. The van der Waals surface area contributed by atoms with Crippen molar-refractivity contribution in [3.8, 4) is 0 Å². The Balaban J connectivity index is 2.15. The van der Waals surface area contributed by atoms with Crippen LogP contribution < -0.4 is 5.32 Å². The third-order valence-corrected chi connectivity index (χ3v) is 2.42. The molecular formula is C9H8N4O. The number of nitrogens with zero attached hydrogens (tertiary/aromatic N) is 2. The molecule has 1 atom stereocenters. The summed E-state index contributed by atoms with van der Waals surface area (Å²) < 4.78 is 0. The Bertz CT molecular complexity index is 457. The second kappa shape index (κ2) is 2.62. The third-order valence-electron chi connectivity index (χ3n) is 2.42. The van der Waals surface area contributed by atoms with Crippen LogP contribution in [0.25, 0.3) is 5.57 Å². The fraction of sp³-hybridized carbons (Fsp3) is 0.222. The molecule has 3 rings (SSSR count). The minimum atomic E-state index is -0.108. The minimum absolute atomic E-state index is 0.0751. The minimum Gasteiger partial charge on any atom is -0.288 e. The van der Waals surface area contributed by atoms with E-state index in [1.807, 2.05) is 6.20 Å². The number of hydrogen-bond acceptors (Lipinski definition) is 4. The maximum atomic E-state index is 11.2. The van der Waals surface area contributed by atoms with E-state index in [0.717, 1.165) is 23.4 Å². The standard InChI is InChI=1S/C9H8N4O/c14-6-1-7-8-5(3-12-13-8)2-10-9(7)11-4-6/h1,3-4,9-10H,2H2,(H,12,13). The average molecular weight is 188 g/mol. The SMILES string of the molecule is O=C1C=NC2NCc3c[nH]nc3C2=C1. The average Bonchev–Trinajstić information content (AvgIpc) is 2.65. The van der Waals surface area contributed by atoms with Gasteiger partial charge in [-0.05, 0) is 6.08 Å². The molecule has 5 nitrogen and oxygen atoms in total. The summed E-state index contributed by atoms with van der Waals surface area (Å²) >= 11 is 0. The Kier molecular flexibility index (Phi) is 1.43. The molecule has 5 heteroatoms. The second-order valence-electron chi connectivity index (χ2n) is 3.32. The van der Waals surface area contributed by atoms with Gasteiger partial charge in [-0.1, -0.05) is 0 Å². The number of carbonyl (C=O) groups is 1. The first-order valence-corrected chi connectivity index (χ1v) is 4.40. The van der Waals surface area contributed by atoms with E-state index < -0.39 is 0 Å². The Labute approximate surface area is 79.9 Å². The molecule has 1 aromatic rings. The van der Waals surface area contributed by atoms with Gasteiger partial charge in [0.05, 0.1) is 11.9 Å². The number of hydrogen-bond donors (Lipinski definition) is 2. The van der Waals surface area contributed by atoms with Gasteiger partial charge < -0.3 is 0 Å². The van der Waals surface area contributed by atoms with Crippen molar-refractivity contribution < 1.29 is 4.79 Å². The summed E-state index contributed by atoms with van der Waals surface area (Å²) in [6.07, 6.45) is 4.66. The lowest BCUT2D eigenvalue weighted by Crippen LogP contribution is -2.35. The van der Waals surface area contributed by atoms with Crippen molar-refractivity contribution in [2.24, 2.45) is 4.99 Å². The number of aromatic nitrogens is 2. The monoisotopic (exact) mass is 188 g/mol. The molecule has 2 aliphatic heterocycles. The summed E-state index contributed by atoms with van der Waals surface area (Å²) in [5.74, 6) is -0.0751. The lowest BCUT2D eigenvalue weighted by Gasteiger charge is -2.24. The first kappa shape index (κ1) is 7.64. The quantitative estimate of drug-likeness (QED) is 0.596. The molecule has 1 unspecified atom stereocenters. The number of rotatable bonds is 0. The molecule has 0 saturated carbocycles. The maximum absolute atomic E-state index is 11.2. The van der Waals surface area contributed by atoms with Crippen molar-refractivity contribution in [2.75, 3.05) is 0 Å². The predicted molar refractivity (Wildman–Crippen MR) is 50.7 cm³/mol. The molecule has 0 radical (unpaired) electrons. The van der Waals surface area contributed by atoms with E-state index in [0.29, 0.717) is 0 Å². The molecule has 0 saturated heterocycles. The first-order chi connectivity index (χ1) is 6.84. The number of aliphatic imine (C=N–C) groups is 1. The molecule has 0 aliphatic carbocycles. The molecule has 0 amide bonds. The van der Waals surface area contributed by atoms with Crippen molar-refractivity contribution in [1.29, 1.82) is 0 Å². The number of dihydropyridines is 1. The normalized spacial score (nSPS) is 24.1. The van der Waals surface area contributed by atoms with Gasteiger partial charge >= 0.3 is 0 Å². The molecule has 70 valence electrons. The van der Waals surface area contributed by atoms with Gasteiger partial charge in [-0.3, -0.25) is 20.2 Å². The highest BCUT2D eigenvalue weighted by molar-refractivity contribution is 6.35. The van der Waals surface area contributed by atoms with Crippen molar-refractivity contribution in [3.63, 3.8) is 0 Å². The van der Waals surface area contributed by atoms with Gasteiger partial charge in [0, 0.05) is 23.9 Å². The van der Waals surface area contributed by atoms with E-state index in [1.54, 1.807) is 6.08 Å². The summed E-state index contributed by atoms with van der Waals surface area (Å²) in [6, 6.07) is 0. The number of carbonyl (C=O) groups excluding carboxylic acids is 1. The number of allylic oxidation sites excluding steroid dienone is 1. The van der Waals surface area contributed by atoms with Crippen LogP contribution in [0.1, 0.15) is 11.3 Å².